The molecule has 0 fully saturated rings. The van der Waals surface area contributed by atoms with E-state index in [4.69, 9.17) is 5.26 Å². The first-order valence-electron chi connectivity index (χ1n) is 6.46. The molecule has 2 N–H and O–H groups in total. The largest absolute Gasteiger partial charge is 0.387 e. The molecule has 1 atom stereocenters. The zero-order valence-corrected chi connectivity index (χ0v) is 12.5. The monoisotopic (exact) mass is 338 g/mol. The molecule has 0 amide bonds. The number of nitrogens with zero attached hydrogens (tertiary/aromatic N) is 1. The topological polar surface area (TPSA) is 90.2 Å². The minimum Gasteiger partial charge on any atom is -0.387 e. The van der Waals surface area contributed by atoms with Gasteiger partial charge in [0.15, 0.2) is 0 Å². The van der Waals surface area contributed by atoms with Crippen molar-refractivity contribution in [1.29, 1.82) is 5.26 Å². The fourth-order valence-corrected chi connectivity index (χ4v) is 2.90. The highest BCUT2D eigenvalue weighted by atomic mass is 32.2. The molecule has 8 heteroatoms. The Bertz CT molecular complexity index is 846. The Morgan fingerprint density at radius 2 is 1.83 bits per heavy atom. The van der Waals surface area contributed by atoms with Gasteiger partial charge in [0.2, 0.25) is 10.0 Å². The molecule has 2 aromatic rings. The third kappa shape index (κ3) is 4.10. The summed E-state index contributed by atoms with van der Waals surface area (Å²) >= 11 is 0. The molecule has 0 bridgehead atoms. The average molecular weight is 338 g/mol. The summed E-state index contributed by atoms with van der Waals surface area (Å²) in [5, 5.41) is 18.6. The second-order valence-electron chi connectivity index (χ2n) is 4.67. The molecule has 0 aromatic heterocycles. The van der Waals surface area contributed by atoms with E-state index in [9.17, 15) is 22.3 Å². The Balaban J connectivity index is 2.12. The lowest BCUT2D eigenvalue weighted by molar-refractivity contribution is 0.182. The number of halogens is 2. The lowest BCUT2D eigenvalue weighted by atomic mass is 10.1. The molecule has 1 unspecified atom stereocenters. The quantitative estimate of drug-likeness (QED) is 0.870. The van der Waals surface area contributed by atoms with E-state index in [0.29, 0.717) is 5.56 Å². The Morgan fingerprint density at radius 3 is 2.43 bits per heavy atom. The molecule has 120 valence electrons. The van der Waals surface area contributed by atoms with Crippen LogP contribution in [-0.2, 0) is 10.0 Å². The highest BCUT2D eigenvalue weighted by Gasteiger charge is 2.18. The van der Waals surface area contributed by atoms with Gasteiger partial charge in [-0.2, -0.15) is 5.26 Å². The van der Waals surface area contributed by atoms with Gasteiger partial charge in [-0.3, -0.25) is 0 Å². The number of rotatable bonds is 5. The molecule has 2 aromatic carbocycles. The maximum atomic E-state index is 13.2. The summed E-state index contributed by atoms with van der Waals surface area (Å²) in [5.41, 5.74) is -0.0575. The van der Waals surface area contributed by atoms with Crippen LogP contribution < -0.4 is 4.72 Å². The van der Waals surface area contributed by atoms with Crippen LogP contribution in [0.25, 0.3) is 0 Å². The third-order valence-electron chi connectivity index (χ3n) is 3.09. The van der Waals surface area contributed by atoms with Gasteiger partial charge in [-0.15, -0.1) is 0 Å². The van der Waals surface area contributed by atoms with Gasteiger partial charge in [0.1, 0.15) is 17.7 Å². The lowest BCUT2D eigenvalue weighted by Gasteiger charge is -2.13. The minimum absolute atomic E-state index is 0.290. The van der Waals surface area contributed by atoms with Gasteiger partial charge < -0.3 is 5.11 Å². The molecule has 0 aliphatic heterocycles. The SMILES string of the molecule is N#Cc1cc(S(=O)(=O)NCC(O)c2ccc(F)cc2)ccc1F. The Labute approximate surface area is 131 Å². The molecule has 2 rings (SSSR count). The van der Waals surface area contributed by atoms with Gasteiger partial charge >= 0.3 is 0 Å². The number of nitrogens with one attached hydrogen (secondary N) is 1. The van der Waals surface area contributed by atoms with Crippen molar-refractivity contribution in [2.75, 3.05) is 6.54 Å². The summed E-state index contributed by atoms with van der Waals surface area (Å²) in [6.45, 7) is -0.354. The smallest absolute Gasteiger partial charge is 0.240 e. The van der Waals surface area contributed by atoms with Crippen molar-refractivity contribution in [3.63, 3.8) is 0 Å². The summed E-state index contributed by atoms with van der Waals surface area (Å²) in [4.78, 5) is -0.290. The van der Waals surface area contributed by atoms with E-state index < -0.39 is 33.3 Å². The van der Waals surface area contributed by atoms with E-state index in [2.05, 4.69) is 4.72 Å². The Hall–Kier alpha value is -2.34. The first-order valence-corrected chi connectivity index (χ1v) is 7.94. The van der Waals surface area contributed by atoms with Crippen LogP contribution in [0.4, 0.5) is 8.78 Å². The highest BCUT2D eigenvalue weighted by molar-refractivity contribution is 7.89. The van der Waals surface area contributed by atoms with E-state index in [0.717, 1.165) is 30.3 Å². The summed E-state index contributed by atoms with van der Waals surface area (Å²) in [6, 6.07) is 9.31. The summed E-state index contributed by atoms with van der Waals surface area (Å²) in [6.07, 6.45) is -1.18. The van der Waals surface area contributed by atoms with Crippen LogP contribution in [-0.4, -0.2) is 20.1 Å². The van der Waals surface area contributed by atoms with Crippen molar-refractivity contribution in [1.82, 2.24) is 4.72 Å². The van der Waals surface area contributed by atoms with Crippen LogP contribution in [0.3, 0.4) is 0 Å². The second-order valence-corrected chi connectivity index (χ2v) is 6.44. The number of hydrogen-bond donors (Lipinski definition) is 2. The number of aliphatic hydroxyl groups is 1. The molecule has 5 nitrogen and oxygen atoms in total. The van der Waals surface area contributed by atoms with Gasteiger partial charge in [-0.1, -0.05) is 12.1 Å². The molecule has 0 radical (unpaired) electrons. The van der Waals surface area contributed by atoms with Crippen LogP contribution in [0.2, 0.25) is 0 Å². The van der Waals surface area contributed by atoms with E-state index in [-0.39, 0.29) is 11.4 Å². The van der Waals surface area contributed by atoms with Crippen LogP contribution in [0, 0.1) is 23.0 Å². The standard InChI is InChI=1S/C15H12F2N2O3S/c16-12-3-1-10(2-4-12)15(20)9-19-23(21,22)13-5-6-14(17)11(7-13)8-18/h1-7,15,19-20H,9H2. The third-order valence-corrected chi connectivity index (χ3v) is 4.51. The van der Waals surface area contributed by atoms with Gasteiger partial charge in [-0.25, -0.2) is 21.9 Å². The van der Waals surface area contributed by atoms with Crippen molar-refractivity contribution in [2.45, 2.75) is 11.0 Å². The summed E-state index contributed by atoms with van der Waals surface area (Å²) in [7, 11) is -4.02. The van der Waals surface area contributed by atoms with Crippen LogP contribution in [0.15, 0.2) is 47.4 Å². The fourth-order valence-electron chi connectivity index (χ4n) is 1.83. The van der Waals surface area contributed by atoms with Crippen LogP contribution in [0.5, 0.6) is 0 Å². The average Bonchev–Trinajstić information content (AvgIpc) is 2.53. The predicted octanol–water partition coefficient (Wildman–Crippen LogP) is 1.85. The van der Waals surface area contributed by atoms with E-state index >= 15 is 0 Å². The molecule has 23 heavy (non-hydrogen) atoms. The molecular weight excluding hydrogens is 326 g/mol. The summed E-state index contributed by atoms with van der Waals surface area (Å²) < 4.78 is 52.3. The normalized spacial score (nSPS) is 12.6. The van der Waals surface area contributed by atoms with Crippen molar-refractivity contribution < 1.29 is 22.3 Å². The van der Waals surface area contributed by atoms with Crippen molar-refractivity contribution in [2.24, 2.45) is 0 Å². The first-order chi connectivity index (χ1) is 10.8. The van der Waals surface area contributed by atoms with Crippen LogP contribution in [0.1, 0.15) is 17.2 Å². The van der Waals surface area contributed by atoms with Gasteiger partial charge in [0, 0.05) is 6.54 Å². The Kier molecular flexibility index (Phi) is 5.05. The molecular formula is C15H12F2N2O3S. The number of hydrogen-bond acceptors (Lipinski definition) is 4. The fraction of sp³-hybridized carbons (Fsp3) is 0.133. The predicted molar refractivity (Wildman–Crippen MR) is 77.7 cm³/mol. The zero-order chi connectivity index (χ0) is 17.0. The molecule has 0 spiro atoms. The van der Waals surface area contributed by atoms with Crippen molar-refractivity contribution >= 4 is 10.0 Å². The van der Waals surface area contributed by atoms with Crippen LogP contribution >= 0.6 is 0 Å². The number of sulfonamides is 1. The molecule has 0 aliphatic rings. The highest BCUT2D eigenvalue weighted by Crippen LogP contribution is 2.16. The van der Waals surface area contributed by atoms with Crippen molar-refractivity contribution in [3.05, 3.63) is 65.2 Å². The maximum absolute atomic E-state index is 13.2. The number of benzene rings is 2. The maximum Gasteiger partial charge on any atom is 0.240 e. The Morgan fingerprint density at radius 1 is 1.17 bits per heavy atom. The lowest BCUT2D eigenvalue weighted by Crippen LogP contribution is -2.28. The number of aliphatic hydroxyl groups excluding tert-OH is 1. The van der Waals surface area contributed by atoms with Gasteiger partial charge in [0.05, 0.1) is 16.6 Å². The second kappa shape index (κ2) is 6.83. The number of nitriles is 1. The van der Waals surface area contributed by atoms with Crippen molar-refractivity contribution in [3.8, 4) is 6.07 Å². The molecule has 0 heterocycles. The van der Waals surface area contributed by atoms with Gasteiger partial charge in [0.25, 0.3) is 0 Å². The zero-order valence-electron chi connectivity index (χ0n) is 11.7. The summed E-state index contributed by atoms with van der Waals surface area (Å²) in [5.74, 6) is -1.30. The van der Waals surface area contributed by atoms with Gasteiger partial charge in [-0.05, 0) is 35.9 Å². The van der Waals surface area contributed by atoms with E-state index in [1.165, 1.54) is 12.1 Å². The molecule has 0 aliphatic carbocycles. The molecule has 0 saturated carbocycles. The van der Waals surface area contributed by atoms with E-state index in [1.54, 1.807) is 6.07 Å². The molecule has 0 saturated heterocycles. The van der Waals surface area contributed by atoms with E-state index in [1.807, 2.05) is 0 Å². The first kappa shape index (κ1) is 17.0. The minimum atomic E-state index is -4.02.